The standard InChI is InChI=1S/C12H20N4O2/c1-8-6-16(7-10(5-13)18-8)11-4-12(17-3)15-9(2)14-11/h4,8,10H,5-7,13H2,1-3H3. The molecule has 1 aliphatic rings. The average molecular weight is 252 g/mol. The topological polar surface area (TPSA) is 73.5 Å². The first-order chi connectivity index (χ1) is 8.62. The molecular weight excluding hydrogens is 232 g/mol. The summed E-state index contributed by atoms with van der Waals surface area (Å²) in [5.74, 6) is 2.15. The maximum absolute atomic E-state index is 5.73. The van der Waals surface area contributed by atoms with Gasteiger partial charge in [0, 0.05) is 25.7 Å². The highest BCUT2D eigenvalue weighted by Crippen LogP contribution is 2.21. The number of ether oxygens (including phenoxy) is 2. The van der Waals surface area contributed by atoms with Gasteiger partial charge in [-0.05, 0) is 13.8 Å². The van der Waals surface area contributed by atoms with Gasteiger partial charge in [-0.1, -0.05) is 0 Å². The molecule has 0 bridgehead atoms. The van der Waals surface area contributed by atoms with E-state index >= 15 is 0 Å². The Morgan fingerprint density at radius 3 is 2.94 bits per heavy atom. The lowest BCUT2D eigenvalue weighted by molar-refractivity contribution is -0.0107. The largest absolute Gasteiger partial charge is 0.481 e. The molecule has 2 unspecified atom stereocenters. The van der Waals surface area contributed by atoms with E-state index in [9.17, 15) is 0 Å². The van der Waals surface area contributed by atoms with Gasteiger partial charge in [0.2, 0.25) is 5.88 Å². The number of morpholine rings is 1. The van der Waals surface area contributed by atoms with Gasteiger partial charge in [0.1, 0.15) is 11.6 Å². The lowest BCUT2D eigenvalue weighted by atomic mass is 10.2. The van der Waals surface area contributed by atoms with Crippen LogP contribution in [0.4, 0.5) is 5.82 Å². The van der Waals surface area contributed by atoms with Gasteiger partial charge in [-0.25, -0.2) is 4.98 Å². The highest BCUT2D eigenvalue weighted by Gasteiger charge is 2.25. The molecule has 2 N–H and O–H groups in total. The molecule has 1 saturated heterocycles. The van der Waals surface area contributed by atoms with Gasteiger partial charge in [0.25, 0.3) is 0 Å². The van der Waals surface area contributed by atoms with Gasteiger partial charge in [0.05, 0.1) is 19.3 Å². The van der Waals surface area contributed by atoms with Crippen LogP contribution in [-0.4, -0.2) is 48.9 Å². The Hall–Kier alpha value is -1.40. The highest BCUT2D eigenvalue weighted by atomic mass is 16.5. The van der Waals surface area contributed by atoms with Crippen molar-refractivity contribution in [3.8, 4) is 5.88 Å². The van der Waals surface area contributed by atoms with E-state index < -0.39 is 0 Å². The summed E-state index contributed by atoms with van der Waals surface area (Å²) in [6, 6.07) is 1.85. The number of nitrogens with two attached hydrogens (primary N) is 1. The summed E-state index contributed by atoms with van der Waals surface area (Å²) < 4.78 is 10.9. The van der Waals surface area contributed by atoms with Crippen molar-refractivity contribution in [2.24, 2.45) is 5.73 Å². The molecule has 0 radical (unpaired) electrons. The molecule has 0 aromatic carbocycles. The molecule has 2 heterocycles. The first kappa shape index (κ1) is 13.0. The third-order valence-corrected chi connectivity index (χ3v) is 2.92. The summed E-state index contributed by atoms with van der Waals surface area (Å²) in [5.41, 5.74) is 5.68. The second-order valence-corrected chi connectivity index (χ2v) is 4.53. The molecule has 0 aliphatic carbocycles. The first-order valence-corrected chi connectivity index (χ1v) is 6.12. The Labute approximate surface area is 107 Å². The fourth-order valence-electron chi connectivity index (χ4n) is 2.15. The van der Waals surface area contributed by atoms with Gasteiger partial charge in [-0.15, -0.1) is 0 Å². The molecule has 1 fully saturated rings. The molecule has 2 atom stereocenters. The predicted molar refractivity (Wildman–Crippen MR) is 68.9 cm³/mol. The summed E-state index contributed by atoms with van der Waals surface area (Å²) in [6.45, 7) is 5.97. The van der Waals surface area contributed by atoms with E-state index in [1.165, 1.54) is 0 Å². The van der Waals surface area contributed by atoms with Crippen LogP contribution in [0.1, 0.15) is 12.7 Å². The number of nitrogens with zero attached hydrogens (tertiary/aromatic N) is 3. The number of anilines is 1. The minimum Gasteiger partial charge on any atom is -0.481 e. The van der Waals surface area contributed by atoms with Crippen LogP contribution in [-0.2, 0) is 4.74 Å². The third kappa shape index (κ3) is 2.88. The molecular formula is C12H20N4O2. The highest BCUT2D eigenvalue weighted by molar-refractivity contribution is 5.42. The maximum Gasteiger partial charge on any atom is 0.218 e. The Balaban J connectivity index is 2.21. The van der Waals surface area contributed by atoms with Crippen LogP contribution in [0.25, 0.3) is 0 Å². The zero-order chi connectivity index (χ0) is 13.1. The Morgan fingerprint density at radius 1 is 1.50 bits per heavy atom. The zero-order valence-corrected chi connectivity index (χ0v) is 11.1. The predicted octanol–water partition coefficient (Wildman–Crippen LogP) is 0.346. The fraction of sp³-hybridized carbons (Fsp3) is 0.667. The number of aryl methyl sites for hydroxylation is 1. The zero-order valence-electron chi connectivity index (χ0n) is 11.1. The molecule has 0 saturated carbocycles. The Bertz CT molecular complexity index is 413. The van der Waals surface area contributed by atoms with Crippen molar-refractivity contribution in [3.05, 3.63) is 11.9 Å². The van der Waals surface area contributed by atoms with E-state index in [4.69, 9.17) is 15.2 Å². The van der Waals surface area contributed by atoms with Crippen molar-refractivity contribution in [2.75, 3.05) is 31.6 Å². The molecule has 6 nitrogen and oxygen atoms in total. The summed E-state index contributed by atoms with van der Waals surface area (Å²) >= 11 is 0. The second-order valence-electron chi connectivity index (χ2n) is 4.53. The molecule has 1 aromatic rings. The molecule has 1 aromatic heterocycles. The van der Waals surface area contributed by atoms with Gasteiger partial charge < -0.3 is 20.1 Å². The lowest BCUT2D eigenvalue weighted by Gasteiger charge is -2.37. The SMILES string of the molecule is COc1cc(N2CC(C)OC(CN)C2)nc(C)n1. The first-order valence-electron chi connectivity index (χ1n) is 6.12. The van der Waals surface area contributed by atoms with E-state index in [0.717, 1.165) is 18.9 Å². The normalized spacial score (nSPS) is 24.1. The van der Waals surface area contributed by atoms with E-state index in [0.29, 0.717) is 18.2 Å². The van der Waals surface area contributed by atoms with Crippen LogP contribution in [0.5, 0.6) is 5.88 Å². The molecule has 6 heteroatoms. The lowest BCUT2D eigenvalue weighted by Crippen LogP contribution is -2.49. The van der Waals surface area contributed by atoms with Gasteiger partial charge >= 0.3 is 0 Å². The molecule has 100 valence electrons. The summed E-state index contributed by atoms with van der Waals surface area (Å²) in [7, 11) is 1.61. The smallest absolute Gasteiger partial charge is 0.218 e. The quantitative estimate of drug-likeness (QED) is 0.836. The number of hydrogen-bond acceptors (Lipinski definition) is 6. The molecule has 1 aliphatic heterocycles. The van der Waals surface area contributed by atoms with Crippen LogP contribution in [0.15, 0.2) is 6.07 Å². The van der Waals surface area contributed by atoms with Gasteiger partial charge in [-0.3, -0.25) is 0 Å². The Kier molecular flexibility index (Phi) is 3.98. The van der Waals surface area contributed by atoms with Crippen LogP contribution >= 0.6 is 0 Å². The van der Waals surface area contributed by atoms with E-state index in [-0.39, 0.29) is 12.2 Å². The van der Waals surface area contributed by atoms with Crippen molar-refractivity contribution in [1.82, 2.24) is 9.97 Å². The van der Waals surface area contributed by atoms with Crippen molar-refractivity contribution in [3.63, 3.8) is 0 Å². The van der Waals surface area contributed by atoms with Crippen molar-refractivity contribution >= 4 is 5.82 Å². The van der Waals surface area contributed by atoms with Gasteiger partial charge in [-0.2, -0.15) is 4.98 Å². The number of rotatable bonds is 3. The summed E-state index contributed by atoms with van der Waals surface area (Å²) in [5, 5.41) is 0. The number of hydrogen-bond donors (Lipinski definition) is 1. The van der Waals surface area contributed by atoms with Gasteiger partial charge in [0.15, 0.2) is 0 Å². The number of aromatic nitrogens is 2. The van der Waals surface area contributed by atoms with Crippen LogP contribution in [0.2, 0.25) is 0 Å². The summed E-state index contributed by atoms with van der Waals surface area (Å²) in [4.78, 5) is 10.8. The van der Waals surface area contributed by atoms with Crippen LogP contribution < -0.4 is 15.4 Å². The average Bonchev–Trinajstić information content (AvgIpc) is 2.37. The number of methoxy groups -OCH3 is 1. The minimum atomic E-state index is 0.0509. The van der Waals surface area contributed by atoms with E-state index in [1.54, 1.807) is 7.11 Å². The maximum atomic E-state index is 5.73. The van der Waals surface area contributed by atoms with Crippen molar-refractivity contribution in [2.45, 2.75) is 26.1 Å². The fourth-order valence-corrected chi connectivity index (χ4v) is 2.15. The Morgan fingerprint density at radius 2 is 2.28 bits per heavy atom. The monoisotopic (exact) mass is 252 g/mol. The molecule has 2 rings (SSSR count). The molecule has 0 amide bonds. The van der Waals surface area contributed by atoms with E-state index in [2.05, 4.69) is 14.9 Å². The third-order valence-electron chi connectivity index (χ3n) is 2.92. The molecule has 18 heavy (non-hydrogen) atoms. The van der Waals surface area contributed by atoms with Crippen LogP contribution in [0, 0.1) is 6.92 Å². The van der Waals surface area contributed by atoms with Crippen molar-refractivity contribution < 1.29 is 9.47 Å². The summed E-state index contributed by atoms with van der Waals surface area (Å²) in [6.07, 6.45) is 0.198. The van der Waals surface area contributed by atoms with E-state index in [1.807, 2.05) is 19.9 Å². The molecule has 0 spiro atoms. The second kappa shape index (κ2) is 5.49. The minimum absolute atomic E-state index is 0.0509. The van der Waals surface area contributed by atoms with Crippen molar-refractivity contribution in [1.29, 1.82) is 0 Å². The van der Waals surface area contributed by atoms with Crippen LogP contribution in [0.3, 0.4) is 0 Å².